The minimum Gasteiger partial charge on any atom is -0.207 e. The molecule has 0 saturated carbocycles. The van der Waals surface area contributed by atoms with Crippen LogP contribution in [0.4, 0.5) is 4.39 Å². The fraction of sp³-hybridized carbons (Fsp3) is 0. The molecule has 0 unspecified atom stereocenters. The van der Waals surface area contributed by atoms with Gasteiger partial charge in [0.25, 0.3) is 0 Å². The Bertz CT molecular complexity index is 507. The third kappa shape index (κ3) is 3.72. The van der Waals surface area contributed by atoms with Gasteiger partial charge >= 0.3 is 0 Å². The summed E-state index contributed by atoms with van der Waals surface area (Å²) in [5, 5.41) is 0. The highest BCUT2D eigenvalue weighted by molar-refractivity contribution is 5.56. The lowest BCUT2D eigenvalue weighted by Crippen LogP contribution is -1.73. The van der Waals surface area contributed by atoms with Crippen molar-refractivity contribution in [1.29, 1.82) is 0 Å². The number of rotatable bonds is 3. The molecular formula is C16H13F. The summed E-state index contributed by atoms with van der Waals surface area (Å²) >= 11 is 0. The van der Waals surface area contributed by atoms with Crippen molar-refractivity contribution in [2.45, 2.75) is 0 Å². The lowest BCUT2D eigenvalue weighted by atomic mass is 10.2. The van der Waals surface area contributed by atoms with E-state index in [4.69, 9.17) is 0 Å². The summed E-state index contributed by atoms with van der Waals surface area (Å²) < 4.78 is 12.7. The Hall–Kier alpha value is -2.15. The molecule has 0 fully saturated rings. The van der Waals surface area contributed by atoms with E-state index in [2.05, 4.69) is 0 Å². The molecule has 0 radical (unpaired) electrons. The van der Waals surface area contributed by atoms with Crippen molar-refractivity contribution in [3.8, 4) is 0 Å². The van der Waals surface area contributed by atoms with Crippen LogP contribution in [-0.2, 0) is 0 Å². The summed E-state index contributed by atoms with van der Waals surface area (Å²) in [6.07, 6.45) is 7.89. The molecule has 1 heteroatoms. The van der Waals surface area contributed by atoms with Crippen LogP contribution in [0.2, 0.25) is 0 Å². The van der Waals surface area contributed by atoms with E-state index in [9.17, 15) is 4.39 Å². The lowest BCUT2D eigenvalue weighted by molar-refractivity contribution is 0.628. The normalized spacial score (nSPS) is 11.4. The van der Waals surface area contributed by atoms with Crippen LogP contribution in [0, 0.1) is 5.82 Å². The van der Waals surface area contributed by atoms with E-state index < -0.39 is 0 Å². The summed E-state index contributed by atoms with van der Waals surface area (Å²) in [7, 11) is 0. The maximum absolute atomic E-state index is 12.7. The third-order valence-electron chi connectivity index (χ3n) is 2.36. The van der Waals surface area contributed by atoms with E-state index in [0.717, 1.165) is 11.1 Å². The molecule has 0 aliphatic heterocycles. The van der Waals surface area contributed by atoms with Gasteiger partial charge in [0.15, 0.2) is 0 Å². The molecule has 0 heterocycles. The van der Waals surface area contributed by atoms with Crippen LogP contribution in [0.1, 0.15) is 11.1 Å². The van der Waals surface area contributed by atoms with Gasteiger partial charge in [-0.3, -0.25) is 0 Å². The molecule has 0 aromatic heterocycles. The van der Waals surface area contributed by atoms with Gasteiger partial charge in [-0.25, -0.2) is 4.39 Å². The Morgan fingerprint density at radius 1 is 0.647 bits per heavy atom. The van der Waals surface area contributed by atoms with E-state index in [-0.39, 0.29) is 5.82 Å². The van der Waals surface area contributed by atoms with Gasteiger partial charge in [0.1, 0.15) is 5.82 Å². The SMILES string of the molecule is Fc1ccc(/C=C/C=C/c2ccccc2)cc1. The van der Waals surface area contributed by atoms with Crippen LogP contribution >= 0.6 is 0 Å². The second kappa shape index (κ2) is 5.80. The van der Waals surface area contributed by atoms with Crippen molar-refractivity contribution in [2.75, 3.05) is 0 Å². The zero-order valence-corrected chi connectivity index (χ0v) is 9.38. The minimum atomic E-state index is -0.207. The lowest BCUT2D eigenvalue weighted by Gasteiger charge is -1.91. The number of benzene rings is 2. The molecule has 2 aromatic rings. The fourth-order valence-electron chi connectivity index (χ4n) is 1.47. The van der Waals surface area contributed by atoms with Gasteiger partial charge in [0.05, 0.1) is 0 Å². The summed E-state index contributed by atoms with van der Waals surface area (Å²) in [5.41, 5.74) is 2.15. The first-order valence-electron chi connectivity index (χ1n) is 5.50. The van der Waals surface area contributed by atoms with Crippen molar-refractivity contribution in [1.82, 2.24) is 0 Å². The molecule has 0 bridgehead atoms. The second-order valence-corrected chi connectivity index (χ2v) is 3.68. The average molecular weight is 224 g/mol. The Morgan fingerprint density at radius 3 is 1.76 bits per heavy atom. The molecule has 2 aromatic carbocycles. The van der Waals surface area contributed by atoms with Crippen molar-refractivity contribution >= 4 is 12.2 Å². The Morgan fingerprint density at radius 2 is 1.18 bits per heavy atom. The van der Waals surface area contributed by atoms with Crippen LogP contribution in [0.5, 0.6) is 0 Å². The minimum absolute atomic E-state index is 0.207. The number of hydrogen-bond acceptors (Lipinski definition) is 0. The van der Waals surface area contributed by atoms with Crippen molar-refractivity contribution < 1.29 is 4.39 Å². The molecule has 0 amide bonds. The predicted molar refractivity (Wildman–Crippen MR) is 70.9 cm³/mol. The smallest absolute Gasteiger partial charge is 0.123 e. The first-order valence-corrected chi connectivity index (χ1v) is 5.50. The number of halogens is 1. The zero-order valence-electron chi connectivity index (χ0n) is 9.38. The molecule has 0 aliphatic carbocycles. The van der Waals surface area contributed by atoms with Crippen LogP contribution in [0.25, 0.3) is 12.2 Å². The van der Waals surface area contributed by atoms with Gasteiger partial charge < -0.3 is 0 Å². The molecule has 0 N–H and O–H groups in total. The quantitative estimate of drug-likeness (QED) is 0.671. The van der Waals surface area contributed by atoms with Crippen LogP contribution < -0.4 is 0 Å². The third-order valence-corrected chi connectivity index (χ3v) is 2.36. The van der Waals surface area contributed by atoms with E-state index in [1.54, 1.807) is 12.1 Å². The van der Waals surface area contributed by atoms with Crippen LogP contribution in [0.15, 0.2) is 66.7 Å². The average Bonchev–Trinajstić information content (AvgIpc) is 2.38. The predicted octanol–water partition coefficient (Wildman–Crippen LogP) is 4.55. The van der Waals surface area contributed by atoms with Crippen LogP contribution in [0.3, 0.4) is 0 Å². The zero-order chi connectivity index (χ0) is 11.9. The molecule has 84 valence electrons. The van der Waals surface area contributed by atoms with Gasteiger partial charge in [-0.2, -0.15) is 0 Å². The largest absolute Gasteiger partial charge is 0.207 e. The van der Waals surface area contributed by atoms with Gasteiger partial charge in [0.2, 0.25) is 0 Å². The highest BCUT2D eigenvalue weighted by Gasteiger charge is 1.87. The van der Waals surface area contributed by atoms with Crippen molar-refractivity contribution in [3.05, 3.63) is 83.7 Å². The Labute approximate surface area is 101 Å². The molecule has 0 spiro atoms. The van der Waals surface area contributed by atoms with E-state index >= 15 is 0 Å². The van der Waals surface area contributed by atoms with Gasteiger partial charge in [-0.1, -0.05) is 66.8 Å². The monoisotopic (exact) mass is 224 g/mol. The second-order valence-electron chi connectivity index (χ2n) is 3.68. The summed E-state index contributed by atoms with van der Waals surface area (Å²) in [5.74, 6) is -0.207. The van der Waals surface area contributed by atoms with Crippen molar-refractivity contribution in [2.24, 2.45) is 0 Å². The standard InChI is InChI=1S/C16H13F/c17-16-12-10-15(11-13-16)9-5-4-8-14-6-2-1-3-7-14/h1-13H/b8-4+,9-5+. The molecule has 0 aliphatic rings. The van der Waals surface area contributed by atoms with E-state index in [0.29, 0.717) is 0 Å². The fourth-order valence-corrected chi connectivity index (χ4v) is 1.47. The first kappa shape index (κ1) is 11.3. The van der Waals surface area contributed by atoms with E-state index in [1.807, 2.05) is 54.6 Å². The molecule has 2 rings (SSSR count). The Kier molecular flexibility index (Phi) is 3.87. The van der Waals surface area contributed by atoms with Gasteiger partial charge in [0, 0.05) is 0 Å². The number of hydrogen-bond donors (Lipinski definition) is 0. The van der Waals surface area contributed by atoms with Crippen molar-refractivity contribution in [3.63, 3.8) is 0 Å². The van der Waals surface area contributed by atoms with Gasteiger partial charge in [-0.15, -0.1) is 0 Å². The maximum atomic E-state index is 12.7. The highest BCUT2D eigenvalue weighted by Crippen LogP contribution is 2.05. The van der Waals surface area contributed by atoms with Crippen LogP contribution in [-0.4, -0.2) is 0 Å². The summed E-state index contributed by atoms with van der Waals surface area (Å²) in [4.78, 5) is 0. The van der Waals surface area contributed by atoms with Gasteiger partial charge in [-0.05, 0) is 23.3 Å². The summed E-state index contributed by atoms with van der Waals surface area (Å²) in [6.45, 7) is 0. The molecule has 0 nitrogen and oxygen atoms in total. The maximum Gasteiger partial charge on any atom is 0.123 e. The highest BCUT2D eigenvalue weighted by atomic mass is 19.1. The molecule has 0 atom stereocenters. The summed E-state index contributed by atoms with van der Waals surface area (Å²) in [6, 6.07) is 16.5. The first-order chi connectivity index (χ1) is 8.34. The molecule has 17 heavy (non-hydrogen) atoms. The number of allylic oxidation sites excluding steroid dienone is 2. The van der Waals surface area contributed by atoms with E-state index in [1.165, 1.54) is 12.1 Å². The topological polar surface area (TPSA) is 0 Å². The molecule has 0 saturated heterocycles. The Balaban J connectivity index is 1.98. The molecular weight excluding hydrogens is 211 g/mol.